The first kappa shape index (κ1) is 18.9. The molecule has 0 aliphatic rings. The molecule has 0 N–H and O–H groups in total. The topological polar surface area (TPSA) is 61.2 Å². The van der Waals surface area contributed by atoms with E-state index in [-0.39, 0.29) is 17.1 Å². The average molecular weight is 429 g/mol. The van der Waals surface area contributed by atoms with Gasteiger partial charge in [-0.2, -0.15) is 0 Å². The van der Waals surface area contributed by atoms with Gasteiger partial charge in [-0.05, 0) is 23.6 Å². The molecule has 0 aliphatic carbocycles. The van der Waals surface area contributed by atoms with Crippen LogP contribution in [-0.2, 0) is 7.05 Å². The van der Waals surface area contributed by atoms with Crippen molar-refractivity contribution in [2.45, 2.75) is 5.16 Å². The van der Waals surface area contributed by atoms with Gasteiger partial charge in [0.05, 0.1) is 23.8 Å². The Morgan fingerprint density at radius 3 is 2.79 bits per heavy atom. The quantitative estimate of drug-likeness (QED) is 0.253. The molecule has 0 spiro atoms. The van der Waals surface area contributed by atoms with E-state index in [1.807, 2.05) is 29.0 Å². The van der Waals surface area contributed by atoms with Gasteiger partial charge in [0.2, 0.25) is 0 Å². The van der Waals surface area contributed by atoms with E-state index in [0.29, 0.717) is 26.7 Å². The van der Waals surface area contributed by atoms with Crippen LogP contribution >= 0.6 is 34.4 Å². The number of hydrogen-bond acceptors (Lipinski definition) is 7. The van der Waals surface area contributed by atoms with Gasteiger partial charge in [0.15, 0.2) is 10.9 Å². The van der Waals surface area contributed by atoms with Gasteiger partial charge < -0.3 is 4.74 Å². The second-order valence-electron chi connectivity index (χ2n) is 5.98. The van der Waals surface area contributed by atoms with Crippen molar-refractivity contribution < 1.29 is 9.53 Å². The SMILES string of the molecule is COc1ccccc1C(=O)CSc1nc2scc(-c3cccs3)c2c(=O)n1C. The zero-order chi connectivity index (χ0) is 19.7. The number of rotatable bonds is 6. The lowest BCUT2D eigenvalue weighted by Crippen LogP contribution is -2.20. The molecule has 3 aromatic heterocycles. The molecule has 0 saturated carbocycles. The van der Waals surface area contributed by atoms with E-state index in [4.69, 9.17) is 4.74 Å². The zero-order valence-electron chi connectivity index (χ0n) is 15.2. The Labute approximate surface area is 173 Å². The molecule has 142 valence electrons. The van der Waals surface area contributed by atoms with Crippen molar-refractivity contribution in [3.8, 4) is 16.2 Å². The highest BCUT2D eigenvalue weighted by Gasteiger charge is 2.18. The summed E-state index contributed by atoms with van der Waals surface area (Å²) in [6.45, 7) is 0. The van der Waals surface area contributed by atoms with Crippen LogP contribution in [0.15, 0.2) is 57.1 Å². The Balaban J connectivity index is 1.64. The van der Waals surface area contributed by atoms with E-state index >= 15 is 0 Å². The number of carbonyl (C=O) groups is 1. The molecule has 5 nitrogen and oxygen atoms in total. The lowest BCUT2D eigenvalue weighted by molar-refractivity contribution is 0.101. The number of thiophene rings is 2. The Kier molecular flexibility index (Phi) is 5.34. The van der Waals surface area contributed by atoms with Gasteiger partial charge in [0.1, 0.15) is 10.6 Å². The average Bonchev–Trinajstić information content (AvgIpc) is 3.38. The third-order valence-electron chi connectivity index (χ3n) is 4.30. The number of para-hydroxylation sites is 1. The van der Waals surface area contributed by atoms with Crippen molar-refractivity contribution in [2.24, 2.45) is 7.05 Å². The molecular weight excluding hydrogens is 412 g/mol. The number of nitrogens with zero attached hydrogens (tertiary/aromatic N) is 2. The normalized spacial score (nSPS) is 11.1. The molecule has 8 heteroatoms. The third kappa shape index (κ3) is 3.39. The number of fused-ring (bicyclic) bond motifs is 1. The summed E-state index contributed by atoms with van der Waals surface area (Å²) in [6, 6.07) is 11.1. The van der Waals surface area contributed by atoms with Crippen LogP contribution in [0.25, 0.3) is 20.7 Å². The number of benzene rings is 1. The van der Waals surface area contributed by atoms with E-state index in [2.05, 4.69) is 4.98 Å². The Morgan fingerprint density at radius 2 is 2.04 bits per heavy atom. The first-order valence-corrected chi connectivity index (χ1v) is 11.2. The number of ketones is 1. The number of aromatic nitrogens is 2. The molecular formula is C20H16N2O3S3. The maximum atomic E-state index is 13.0. The van der Waals surface area contributed by atoms with Crippen molar-refractivity contribution in [2.75, 3.05) is 12.9 Å². The van der Waals surface area contributed by atoms with Gasteiger partial charge in [-0.1, -0.05) is 30.0 Å². The Bertz CT molecular complexity index is 1210. The number of ether oxygens (including phenoxy) is 1. The van der Waals surface area contributed by atoms with Crippen LogP contribution in [0.5, 0.6) is 5.75 Å². The molecule has 0 amide bonds. The fourth-order valence-electron chi connectivity index (χ4n) is 2.88. The number of Topliss-reactive ketones (excluding diaryl/α,β-unsaturated/α-hetero) is 1. The summed E-state index contributed by atoms with van der Waals surface area (Å²) in [5, 5.41) is 5.12. The van der Waals surface area contributed by atoms with Gasteiger partial charge in [0, 0.05) is 22.9 Å². The summed E-state index contributed by atoms with van der Waals surface area (Å²) in [7, 11) is 3.24. The van der Waals surface area contributed by atoms with E-state index < -0.39 is 0 Å². The van der Waals surface area contributed by atoms with Crippen LogP contribution in [0.2, 0.25) is 0 Å². The summed E-state index contributed by atoms with van der Waals surface area (Å²) in [4.78, 5) is 31.9. The molecule has 28 heavy (non-hydrogen) atoms. The first-order chi connectivity index (χ1) is 13.6. The molecule has 4 aromatic rings. The fraction of sp³-hybridized carbons (Fsp3) is 0.150. The second kappa shape index (κ2) is 7.90. The number of carbonyl (C=O) groups excluding carboxylic acids is 1. The van der Waals surface area contributed by atoms with Crippen LogP contribution < -0.4 is 10.3 Å². The third-order valence-corrected chi connectivity index (χ3v) is 7.11. The number of thioether (sulfide) groups is 1. The molecule has 0 atom stereocenters. The molecule has 0 radical (unpaired) electrons. The largest absolute Gasteiger partial charge is 0.496 e. The maximum Gasteiger partial charge on any atom is 0.263 e. The molecule has 0 unspecified atom stereocenters. The van der Waals surface area contributed by atoms with Crippen LogP contribution in [0.4, 0.5) is 0 Å². The lowest BCUT2D eigenvalue weighted by atomic mass is 10.1. The molecule has 0 bridgehead atoms. The summed E-state index contributed by atoms with van der Waals surface area (Å²) in [5.41, 5.74) is 1.35. The summed E-state index contributed by atoms with van der Waals surface area (Å²) in [6.07, 6.45) is 0. The highest BCUT2D eigenvalue weighted by Crippen LogP contribution is 2.34. The molecule has 4 rings (SSSR count). The summed E-state index contributed by atoms with van der Waals surface area (Å²) < 4.78 is 6.78. The van der Waals surface area contributed by atoms with Crippen molar-refractivity contribution in [1.82, 2.24) is 9.55 Å². The van der Waals surface area contributed by atoms with E-state index in [1.54, 1.807) is 43.7 Å². The first-order valence-electron chi connectivity index (χ1n) is 8.41. The predicted octanol–water partition coefficient (Wildman–Crippen LogP) is 4.71. The van der Waals surface area contributed by atoms with Crippen molar-refractivity contribution in [3.05, 3.63) is 63.1 Å². The highest BCUT2D eigenvalue weighted by molar-refractivity contribution is 7.99. The fourth-order valence-corrected chi connectivity index (χ4v) is 5.54. The molecule has 0 saturated heterocycles. The van der Waals surface area contributed by atoms with Gasteiger partial charge in [0.25, 0.3) is 5.56 Å². The van der Waals surface area contributed by atoms with Gasteiger partial charge in [-0.3, -0.25) is 14.2 Å². The van der Waals surface area contributed by atoms with Crippen molar-refractivity contribution in [1.29, 1.82) is 0 Å². The minimum atomic E-state index is -0.0955. The van der Waals surface area contributed by atoms with Crippen LogP contribution in [0.1, 0.15) is 10.4 Å². The molecule has 1 aromatic carbocycles. The maximum absolute atomic E-state index is 13.0. The second-order valence-corrected chi connectivity index (χ2v) is 8.73. The van der Waals surface area contributed by atoms with Crippen molar-refractivity contribution in [3.63, 3.8) is 0 Å². The summed E-state index contributed by atoms with van der Waals surface area (Å²) in [5.74, 6) is 0.654. The predicted molar refractivity (Wildman–Crippen MR) is 116 cm³/mol. The van der Waals surface area contributed by atoms with Crippen LogP contribution in [0.3, 0.4) is 0 Å². The number of methoxy groups -OCH3 is 1. The number of hydrogen-bond donors (Lipinski definition) is 0. The minimum absolute atomic E-state index is 0.0674. The van der Waals surface area contributed by atoms with Gasteiger partial charge in [-0.25, -0.2) is 4.98 Å². The molecule has 0 aliphatic heterocycles. The van der Waals surface area contributed by atoms with Gasteiger partial charge >= 0.3 is 0 Å². The lowest BCUT2D eigenvalue weighted by Gasteiger charge is -2.09. The highest BCUT2D eigenvalue weighted by atomic mass is 32.2. The smallest absolute Gasteiger partial charge is 0.263 e. The van der Waals surface area contributed by atoms with Crippen molar-refractivity contribution >= 4 is 50.4 Å². The van der Waals surface area contributed by atoms with Crippen LogP contribution in [0, 0.1) is 0 Å². The molecule has 3 heterocycles. The molecule has 0 fully saturated rings. The van der Waals surface area contributed by atoms with E-state index in [1.165, 1.54) is 27.7 Å². The van der Waals surface area contributed by atoms with E-state index in [0.717, 1.165) is 10.4 Å². The monoisotopic (exact) mass is 428 g/mol. The van der Waals surface area contributed by atoms with Gasteiger partial charge in [-0.15, -0.1) is 22.7 Å². The zero-order valence-corrected chi connectivity index (χ0v) is 17.6. The minimum Gasteiger partial charge on any atom is -0.496 e. The standard InChI is InChI=1S/C20H16N2O3S3/c1-22-19(24)17-13(16-8-5-9-26-16)10-27-18(17)21-20(22)28-11-14(23)12-6-3-4-7-15(12)25-2/h3-10H,11H2,1-2H3. The van der Waals surface area contributed by atoms with E-state index in [9.17, 15) is 9.59 Å². The Morgan fingerprint density at radius 1 is 1.21 bits per heavy atom. The Hall–Kier alpha value is -2.42. The van der Waals surface area contributed by atoms with Crippen LogP contribution in [-0.4, -0.2) is 28.2 Å². The summed E-state index contributed by atoms with van der Waals surface area (Å²) >= 11 is 4.31.